The predicted molar refractivity (Wildman–Crippen MR) is 95.7 cm³/mol. The van der Waals surface area contributed by atoms with Gasteiger partial charge < -0.3 is 14.2 Å². The Morgan fingerprint density at radius 2 is 2.14 bits per heavy atom. The van der Waals surface area contributed by atoms with Gasteiger partial charge in [0.1, 0.15) is 36.0 Å². The van der Waals surface area contributed by atoms with Crippen LogP contribution in [0.1, 0.15) is 18.1 Å². The maximum Gasteiger partial charge on any atom is 0.425 e. The Morgan fingerprint density at radius 1 is 1.36 bits per heavy atom. The van der Waals surface area contributed by atoms with Gasteiger partial charge >= 0.3 is 6.18 Å². The van der Waals surface area contributed by atoms with Crippen LogP contribution >= 0.6 is 11.6 Å². The van der Waals surface area contributed by atoms with Gasteiger partial charge in [-0.25, -0.2) is 4.98 Å². The van der Waals surface area contributed by atoms with Crippen molar-refractivity contribution in [3.63, 3.8) is 0 Å². The zero-order valence-corrected chi connectivity index (χ0v) is 15.4. The fourth-order valence-corrected chi connectivity index (χ4v) is 2.58. The van der Waals surface area contributed by atoms with E-state index in [2.05, 4.69) is 4.98 Å². The minimum atomic E-state index is -4.51. The van der Waals surface area contributed by atoms with Crippen LogP contribution in [0, 0.1) is 0 Å². The van der Waals surface area contributed by atoms with Crippen LogP contribution in [0.15, 0.2) is 36.0 Å². The van der Waals surface area contributed by atoms with Gasteiger partial charge in [-0.3, -0.25) is 4.79 Å². The number of fused-ring (bicyclic) bond motifs is 1. The van der Waals surface area contributed by atoms with Gasteiger partial charge in [0.2, 0.25) is 5.88 Å². The molecule has 1 aliphatic rings. The first-order valence-electron chi connectivity index (χ1n) is 8.19. The van der Waals surface area contributed by atoms with Gasteiger partial charge in [-0.05, 0) is 31.2 Å². The Kier molecular flexibility index (Phi) is 5.79. The second-order valence-corrected chi connectivity index (χ2v) is 6.45. The van der Waals surface area contributed by atoms with E-state index in [1.54, 1.807) is 24.3 Å². The molecule has 0 saturated carbocycles. The maximum absolute atomic E-state index is 12.6. The molecule has 1 aromatic heterocycles. The lowest BCUT2D eigenvalue weighted by Crippen LogP contribution is -2.31. The first-order valence-corrected chi connectivity index (χ1v) is 8.57. The molecule has 1 atom stereocenters. The number of carbonyl (C=O) groups excluding carboxylic acids is 1. The highest BCUT2D eigenvalue weighted by Gasteiger charge is 2.38. The molecule has 148 valence electrons. The molecule has 5 nitrogen and oxygen atoms in total. The van der Waals surface area contributed by atoms with E-state index in [0.717, 1.165) is 18.8 Å². The molecule has 0 unspecified atom stereocenters. The van der Waals surface area contributed by atoms with Crippen molar-refractivity contribution < 1.29 is 32.2 Å². The third kappa shape index (κ3) is 4.75. The van der Waals surface area contributed by atoms with Crippen molar-refractivity contribution in [3.05, 3.63) is 52.2 Å². The van der Waals surface area contributed by atoms with E-state index in [-0.39, 0.29) is 24.1 Å². The summed E-state index contributed by atoms with van der Waals surface area (Å²) in [6.07, 6.45) is -2.72. The molecule has 0 amide bonds. The van der Waals surface area contributed by atoms with Crippen molar-refractivity contribution in [1.82, 2.24) is 4.98 Å². The molecule has 0 radical (unpaired) electrons. The summed E-state index contributed by atoms with van der Waals surface area (Å²) in [6.45, 7) is 1.16. The van der Waals surface area contributed by atoms with Crippen molar-refractivity contribution in [2.24, 2.45) is 0 Å². The Hall–Kier alpha value is -2.74. The number of hydrogen-bond donors (Lipinski definition) is 0. The van der Waals surface area contributed by atoms with E-state index in [1.165, 1.54) is 12.3 Å². The SMILES string of the molecule is C[C@H](Oc1ncc(COc2ccc3c(c2)OCC(C=O)=C3)cc1Cl)C(F)(F)F. The number of aldehydes is 1. The normalized spacial score (nSPS) is 14.4. The van der Waals surface area contributed by atoms with Crippen LogP contribution in [0.4, 0.5) is 13.2 Å². The van der Waals surface area contributed by atoms with Gasteiger partial charge in [-0.2, -0.15) is 13.2 Å². The molecule has 28 heavy (non-hydrogen) atoms. The van der Waals surface area contributed by atoms with E-state index in [4.69, 9.17) is 25.8 Å². The Morgan fingerprint density at radius 3 is 2.82 bits per heavy atom. The van der Waals surface area contributed by atoms with Gasteiger partial charge in [0, 0.05) is 29.0 Å². The van der Waals surface area contributed by atoms with Crippen LogP contribution in [0.2, 0.25) is 5.02 Å². The van der Waals surface area contributed by atoms with Crippen molar-refractivity contribution in [2.45, 2.75) is 25.8 Å². The molecule has 1 aromatic carbocycles. The molecular formula is C19H15ClF3NO4. The van der Waals surface area contributed by atoms with Crippen molar-refractivity contribution >= 4 is 24.0 Å². The van der Waals surface area contributed by atoms with E-state index in [9.17, 15) is 18.0 Å². The van der Waals surface area contributed by atoms with Gasteiger partial charge in [0.15, 0.2) is 6.10 Å². The number of rotatable bonds is 6. The summed E-state index contributed by atoms with van der Waals surface area (Å²) in [6, 6.07) is 6.59. The number of alkyl halides is 3. The van der Waals surface area contributed by atoms with E-state index in [1.807, 2.05) is 0 Å². The van der Waals surface area contributed by atoms with Crippen molar-refractivity contribution in [3.8, 4) is 17.4 Å². The highest BCUT2D eigenvalue weighted by atomic mass is 35.5. The van der Waals surface area contributed by atoms with Crippen molar-refractivity contribution in [2.75, 3.05) is 6.61 Å². The molecule has 1 aliphatic heterocycles. The first kappa shape index (κ1) is 20.0. The number of pyridine rings is 1. The predicted octanol–water partition coefficient (Wildman–Crippen LogP) is 4.62. The molecule has 0 fully saturated rings. The zero-order chi connectivity index (χ0) is 20.3. The Balaban J connectivity index is 1.65. The standard InChI is InChI=1S/C19H15ClF3NO4/c1-11(19(21,22)23)28-18-16(20)5-12(7-24-18)9-26-15-3-2-14-4-13(8-25)10-27-17(14)6-15/h2-8,11H,9-10H2,1H3/t11-/m0/s1. The molecule has 2 aromatic rings. The lowest BCUT2D eigenvalue weighted by atomic mass is 10.1. The summed E-state index contributed by atoms with van der Waals surface area (Å²) in [7, 11) is 0. The number of aromatic nitrogens is 1. The topological polar surface area (TPSA) is 57.6 Å². The lowest BCUT2D eigenvalue weighted by Gasteiger charge is -2.18. The van der Waals surface area contributed by atoms with Gasteiger partial charge in [-0.15, -0.1) is 0 Å². The second-order valence-electron chi connectivity index (χ2n) is 6.05. The molecule has 0 spiro atoms. The zero-order valence-electron chi connectivity index (χ0n) is 14.6. The van der Waals surface area contributed by atoms with Crippen LogP contribution in [0.5, 0.6) is 17.4 Å². The number of carbonyl (C=O) groups is 1. The molecule has 0 N–H and O–H groups in total. The Bertz CT molecular complexity index is 915. The molecule has 2 heterocycles. The smallest absolute Gasteiger partial charge is 0.425 e. The fourth-order valence-electron chi connectivity index (χ4n) is 2.35. The summed E-state index contributed by atoms with van der Waals surface area (Å²) >= 11 is 5.96. The molecular weight excluding hydrogens is 399 g/mol. The highest BCUT2D eigenvalue weighted by Crippen LogP contribution is 2.31. The third-order valence-corrected chi connectivity index (χ3v) is 4.16. The minimum Gasteiger partial charge on any atom is -0.489 e. The first-order chi connectivity index (χ1) is 13.3. The number of ether oxygens (including phenoxy) is 3. The molecule has 0 saturated heterocycles. The average molecular weight is 414 g/mol. The van der Waals surface area contributed by atoms with Crippen LogP contribution in [-0.2, 0) is 11.4 Å². The molecule has 9 heteroatoms. The maximum atomic E-state index is 12.6. The van der Waals surface area contributed by atoms with Gasteiger partial charge in [0.25, 0.3) is 0 Å². The highest BCUT2D eigenvalue weighted by molar-refractivity contribution is 6.31. The molecule has 3 rings (SSSR count). The van der Waals surface area contributed by atoms with Crippen molar-refractivity contribution in [1.29, 1.82) is 0 Å². The minimum absolute atomic E-state index is 0.0440. The number of benzene rings is 1. The second kappa shape index (κ2) is 8.10. The Labute approximate surface area is 163 Å². The average Bonchev–Trinajstić information content (AvgIpc) is 2.66. The number of nitrogens with zero attached hydrogens (tertiary/aromatic N) is 1. The fraction of sp³-hybridized carbons (Fsp3) is 0.263. The van der Waals surface area contributed by atoms with E-state index < -0.39 is 12.3 Å². The number of hydrogen-bond acceptors (Lipinski definition) is 5. The van der Waals surface area contributed by atoms with E-state index in [0.29, 0.717) is 22.6 Å². The number of halogens is 4. The van der Waals surface area contributed by atoms with Crippen LogP contribution in [0.3, 0.4) is 0 Å². The largest absolute Gasteiger partial charge is 0.489 e. The summed E-state index contributed by atoms with van der Waals surface area (Å²) in [5.41, 5.74) is 1.87. The van der Waals surface area contributed by atoms with Crippen LogP contribution in [0.25, 0.3) is 6.08 Å². The summed E-state index contributed by atoms with van der Waals surface area (Å²) in [5, 5.41) is -0.0440. The third-order valence-electron chi connectivity index (χ3n) is 3.89. The van der Waals surface area contributed by atoms with Crippen LogP contribution < -0.4 is 14.2 Å². The monoisotopic (exact) mass is 413 g/mol. The van der Waals surface area contributed by atoms with Crippen LogP contribution in [-0.4, -0.2) is 30.2 Å². The summed E-state index contributed by atoms with van der Waals surface area (Å²) in [4.78, 5) is 14.6. The molecule has 0 aliphatic carbocycles. The molecule has 0 bridgehead atoms. The quantitative estimate of drug-likeness (QED) is 0.647. The van der Waals surface area contributed by atoms with Gasteiger partial charge in [0.05, 0.1) is 0 Å². The van der Waals surface area contributed by atoms with E-state index >= 15 is 0 Å². The summed E-state index contributed by atoms with van der Waals surface area (Å²) in [5.74, 6) is 0.809. The van der Waals surface area contributed by atoms with Gasteiger partial charge in [-0.1, -0.05) is 11.6 Å². The lowest BCUT2D eigenvalue weighted by molar-refractivity contribution is -0.189. The summed E-state index contributed by atoms with van der Waals surface area (Å²) < 4.78 is 53.6.